The second-order valence-electron chi connectivity index (χ2n) is 8.73. The molecule has 35 heavy (non-hydrogen) atoms. The number of carboxylic acids is 1. The molecular formula is C24H46NO9P. The fourth-order valence-corrected chi connectivity index (χ4v) is 4.08. The molecule has 5 N–H and O–H groups in total. The Labute approximate surface area is 209 Å². The number of rotatable bonds is 24. The van der Waals surface area contributed by atoms with Crippen molar-refractivity contribution in [2.24, 2.45) is 0 Å². The molecule has 0 aromatic heterocycles. The summed E-state index contributed by atoms with van der Waals surface area (Å²) in [5.41, 5.74) is 0. The first kappa shape index (κ1) is 33.7. The number of phosphoric ester groups is 1. The van der Waals surface area contributed by atoms with Gasteiger partial charge in [-0.3, -0.25) is 13.8 Å². The molecule has 10 nitrogen and oxygen atoms in total. The van der Waals surface area contributed by atoms with Crippen LogP contribution in [0.15, 0.2) is 12.2 Å². The molecular weight excluding hydrogens is 477 g/mol. The monoisotopic (exact) mass is 523 g/mol. The molecule has 0 saturated heterocycles. The maximum Gasteiger partial charge on any atom is 0.472 e. The van der Waals surface area contributed by atoms with Crippen molar-refractivity contribution >= 4 is 19.7 Å². The van der Waals surface area contributed by atoms with Crippen LogP contribution in [0.3, 0.4) is 0 Å². The number of amides is 1. The molecule has 0 fully saturated rings. The Morgan fingerprint density at radius 1 is 0.886 bits per heavy atom. The topological polar surface area (TPSA) is 163 Å². The Hall–Kier alpha value is -1.29. The molecule has 1 amide bonds. The largest absolute Gasteiger partial charge is 0.480 e. The Balaban J connectivity index is 3.90. The number of unbranched alkanes of at least 4 members (excludes halogenated alkanes) is 13. The zero-order valence-corrected chi connectivity index (χ0v) is 22.0. The molecule has 206 valence electrons. The Bertz CT molecular complexity index is 630. The summed E-state index contributed by atoms with van der Waals surface area (Å²) in [6, 6.07) is -1.56. The van der Waals surface area contributed by atoms with Gasteiger partial charge in [0.25, 0.3) is 0 Å². The van der Waals surface area contributed by atoms with Crippen LogP contribution in [-0.4, -0.2) is 64.1 Å². The molecule has 11 heteroatoms. The summed E-state index contributed by atoms with van der Waals surface area (Å²) in [6.07, 6.45) is 18.6. The van der Waals surface area contributed by atoms with Crippen molar-refractivity contribution in [3.63, 3.8) is 0 Å². The zero-order chi connectivity index (χ0) is 26.4. The van der Waals surface area contributed by atoms with Crippen LogP contribution in [0.25, 0.3) is 0 Å². The SMILES string of the molecule is CCCCCCCCCCCCCCCC=CC(=O)N[C@@H](COP(=O)(O)OC[C@H](O)CO)C(=O)O. The van der Waals surface area contributed by atoms with Crippen LogP contribution in [-0.2, 0) is 23.2 Å². The fraction of sp³-hybridized carbons (Fsp3) is 0.833. The van der Waals surface area contributed by atoms with E-state index in [1.165, 1.54) is 70.3 Å². The lowest BCUT2D eigenvalue weighted by molar-refractivity contribution is -0.142. The molecule has 0 saturated carbocycles. The van der Waals surface area contributed by atoms with Crippen LogP contribution >= 0.6 is 7.82 Å². The number of aliphatic hydroxyl groups excluding tert-OH is 2. The molecule has 0 aromatic carbocycles. The molecule has 0 aliphatic carbocycles. The second-order valence-corrected chi connectivity index (χ2v) is 10.2. The Kier molecular flexibility index (Phi) is 21.1. The summed E-state index contributed by atoms with van der Waals surface area (Å²) < 4.78 is 20.7. The second kappa shape index (κ2) is 21.9. The van der Waals surface area contributed by atoms with E-state index in [1.54, 1.807) is 6.08 Å². The predicted molar refractivity (Wildman–Crippen MR) is 134 cm³/mol. The maximum absolute atomic E-state index is 11.9. The Morgan fingerprint density at radius 2 is 1.37 bits per heavy atom. The molecule has 0 aromatic rings. The Morgan fingerprint density at radius 3 is 1.86 bits per heavy atom. The van der Waals surface area contributed by atoms with Gasteiger partial charge in [-0.15, -0.1) is 0 Å². The summed E-state index contributed by atoms with van der Waals surface area (Å²) in [5, 5.41) is 29.1. The summed E-state index contributed by atoms with van der Waals surface area (Å²) in [5.74, 6) is -2.10. The number of carboxylic acid groups (broad SMARTS) is 1. The van der Waals surface area contributed by atoms with Gasteiger partial charge in [0.05, 0.1) is 19.8 Å². The number of carbonyl (C=O) groups excluding carboxylic acids is 1. The molecule has 0 heterocycles. The highest BCUT2D eigenvalue weighted by atomic mass is 31.2. The fourth-order valence-electron chi connectivity index (χ4n) is 3.30. The van der Waals surface area contributed by atoms with E-state index in [0.717, 1.165) is 19.3 Å². The lowest BCUT2D eigenvalue weighted by Crippen LogP contribution is -2.43. The first-order valence-corrected chi connectivity index (χ1v) is 14.3. The van der Waals surface area contributed by atoms with Crippen LogP contribution in [0, 0.1) is 0 Å². The zero-order valence-electron chi connectivity index (χ0n) is 21.1. The summed E-state index contributed by atoms with van der Waals surface area (Å²) >= 11 is 0. The highest BCUT2D eigenvalue weighted by Gasteiger charge is 2.28. The third-order valence-corrected chi connectivity index (χ3v) is 6.35. The predicted octanol–water partition coefficient (Wildman–Crippen LogP) is 4.08. The number of nitrogens with one attached hydrogen (secondary N) is 1. The smallest absolute Gasteiger partial charge is 0.472 e. The molecule has 0 rings (SSSR count). The third-order valence-electron chi connectivity index (χ3n) is 5.40. The minimum atomic E-state index is -4.65. The minimum Gasteiger partial charge on any atom is -0.480 e. The van der Waals surface area contributed by atoms with Gasteiger partial charge in [-0.2, -0.15) is 0 Å². The average Bonchev–Trinajstić information content (AvgIpc) is 2.82. The lowest BCUT2D eigenvalue weighted by Gasteiger charge is -2.17. The van der Waals surface area contributed by atoms with E-state index < -0.39 is 51.7 Å². The lowest BCUT2D eigenvalue weighted by atomic mass is 10.0. The number of hydrogen-bond acceptors (Lipinski definition) is 7. The van der Waals surface area contributed by atoms with Gasteiger partial charge in [0.15, 0.2) is 6.04 Å². The van der Waals surface area contributed by atoms with Crippen LogP contribution < -0.4 is 5.32 Å². The summed E-state index contributed by atoms with van der Waals surface area (Å²) in [7, 11) is -4.65. The number of phosphoric acid groups is 1. The first-order valence-electron chi connectivity index (χ1n) is 12.8. The van der Waals surface area contributed by atoms with E-state index >= 15 is 0 Å². The van der Waals surface area contributed by atoms with Gasteiger partial charge in [0.2, 0.25) is 5.91 Å². The standard InChI is InChI=1S/C24H46NO9P/c1-2-3-4-5-6-7-8-9-10-11-12-13-14-15-16-17-23(28)25-22(24(29)30)20-34-35(31,32)33-19-21(27)18-26/h16-17,21-22,26-27H,2-15,18-20H2,1H3,(H,25,28)(H,29,30)(H,31,32)/t21-,22+/m1/s1. The summed E-state index contributed by atoms with van der Waals surface area (Å²) in [4.78, 5) is 32.7. The van der Waals surface area contributed by atoms with Gasteiger partial charge in [-0.25, -0.2) is 9.36 Å². The van der Waals surface area contributed by atoms with Gasteiger partial charge in [-0.1, -0.05) is 90.0 Å². The van der Waals surface area contributed by atoms with Gasteiger partial charge in [0.1, 0.15) is 6.10 Å². The highest BCUT2D eigenvalue weighted by Crippen LogP contribution is 2.43. The van der Waals surface area contributed by atoms with E-state index in [0.29, 0.717) is 6.42 Å². The third kappa shape index (κ3) is 21.7. The van der Waals surface area contributed by atoms with E-state index in [9.17, 15) is 24.2 Å². The number of carbonyl (C=O) groups is 2. The average molecular weight is 524 g/mol. The van der Waals surface area contributed by atoms with Crippen molar-refractivity contribution in [2.45, 2.75) is 109 Å². The van der Waals surface area contributed by atoms with Crippen molar-refractivity contribution in [2.75, 3.05) is 19.8 Å². The van der Waals surface area contributed by atoms with Crippen molar-refractivity contribution in [1.29, 1.82) is 0 Å². The molecule has 0 aliphatic heterocycles. The quantitative estimate of drug-likeness (QED) is 0.0712. The molecule has 3 atom stereocenters. The van der Waals surface area contributed by atoms with Crippen LogP contribution in [0.4, 0.5) is 0 Å². The first-order chi connectivity index (χ1) is 16.7. The normalized spacial score (nSPS) is 15.1. The minimum absolute atomic E-state index is 0.653. The van der Waals surface area contributed by atoms with E-state index in [1.807, 2.05) is 0 Å². The molecule has 0 aliphatic rings. The number of aliphatic carboxylic acids is 1. The van der Waals surface area contributed by atoms with E-state index in [4.69, 9.17) is 10.2 Å². The van der Waals surface area contributed by atoms with Gasteiger partial charge >= 0.3 is 13.8 Å². The van der Waals surface area contributed by atoms with Gasteiger partial charge < -0.3 is 25.5 Å². The number of allylic oxidation sites excluding steroid dienone is 1. The van der Waals surface area contributed by atoms with Gasteiger partial charge in [0, 0.05) is 0 Å². The number of aliphatic hydroxyl groups is 2. The molecule has 1 unspecified atom stereocenters. The molecule has 0 radical (unpaired) electrons. The van der Waals surface area contributed by atoms with E-state index in [-0.39, 0.29) is 0 Å². The number of hydrogen-bond donors (Lipinski definition) is 5. The maximum atomic E-state index is 11.9. The van der Waals surface area contributed by atoms with Crippen LogP contribution in [0.1, 0.15) is 96.8 Å². The molecule has 0 spiro atoms. The van der Waals surface area contributed by atoms with Crippen molar-refractivity contribution in [3.05, 3.63) is 12.2 Å². The van der Waals surface area contributed by atoms with Crippen LogP contribution in [0.5, 0.6) is 0 Å². The van der Waals surface area contributed by atoms with E-state index in [2.05, 4.69) is 21.3 Å². The molecule has 0 bridgehead atoms. The van der Waals surface area contributed by atoms with Crippen molar-refractivity contribution < 1.29 is 43.4 Å². The van der Waals surface area contributed by atoms with Crippen molar-refractivity contribution in [1.82, 2.24) is 5.32 Å². The highest BCUT2D eigenvalue weighted by molar-refractivity contribution is 7.47. The summed E-state index contributed by atoms with van der Waals surface area (Å²) in [6.45, 7) is 0.0736. The van der Waals surface area contributed by atoms with Gasteiger partial charge in [-0.05, 0) is 18.9 Å². The van der Waals surface area contributed by atoms with Crippen molar-refractivity contribution in [3.8, 4) is 0 Å². The van der Waals surface area contributed by atoms with Crippen LogP contribution in [0.2, 0.25) is 0 Å².